The van der Waals surface area contributed by atoms with Crippen LogP contribution in [0.1, 0.15) is 13.8 Å². The Morgan fingerprint density at radius 1 is 1.12 bits per heavy atom. The van der Waals surface area contributed by atoms with Gasteiger partial charge in [-0.15, -0.1) is 0 Å². The second-order valence-corrected chi connectivity index (χ2v) is 3.03. The zero-order valence-corrected chi connectivity index (χ0v) is 9.24. The Labute approximate surface area is 93.8 Å². The van der Waals surface area contributed by atoms with Gasteiger partial charge in [-0.1, -0.05) is 0 Å². The minimum atomic E-state index is -1.93. The second-order valence-electron chi connectivity index (χ2n) is 3.03. The van der Waals surface area contributed by atoms with Crippen LogP contribution in [0.2, 0.25) is 0 Å². The van der Waals surface area contributed by atoms with Crippen molar-refractivity contribution in [3.8, 4) is 11.5 Å². The molecule has 6 heteroatoms. The third-order valence-corrected chi connectivity index (χ3v) is 1.96. The lowest BCUT2D eigenvalue weighted by Gasteiger charge is -2.13. The van der Waals surface area contributed by atoms with E-state index in [1.54, 1.807) is 13.8 Å². The van der Waals surface area contributed by atoms with E-state index in [0.717, 1.165) is 0 Å². The van der Waals surface area contributed by atoms with Gasteiger partial charge in [-0.05, 0) is 26.0 Å². The third-order valence-electron chi connectivity index (χ3n) is 1.96. The summed E-state index contributed by atoms with van der Waals surface area (Å²) in [5, 5.41) is 18.2. The van der Waals surface area contributed by atoms with E-state index in [4.69, 9.17) is 19.5 Å². The molecule has 1 rings (SSSR count). The quantitative estimate of drug-likeness (QED) is 0.711. The van der Waals surface area contributed by atoms with E-state index < -0.39 is 12.9 Å². The molecule has 0 unspecified atom stereocenters. The van der Waals surface area contributed by atoms with Gasteiger partial charge in [-0.2, -0.15) is 0 Å². The van der Waals surface area contributed by atoms with Crippen LogP contribution in [0, 0.1) is 5.82 Å². The average molecular weight is 228 g/mol. The summed E-state index contributed by atoms with van der Waals surface area (Å²) in [4.78, 5) is 0. The van der Waals surface area contributed by atoms with Crippen LogP contribution in [0.15, 0.2) is 12.1 Å². The molecule has 0 aliphatic carbocycles. The molecule has 0 saturated heterocycles. The highest BCUT2D eigenvalue weighted by atomic mass is 19.1. The van der Waals surface area contributed by atoms with Crippen LogP contribution in [0.25, 0.3) is 0 Å². The monoisotopic (exact) mass is 228 g/mol. The summed E-state index contributed by atoms with van der Waals surface area (Å²) in [6.07, 6.45) is 0. The molecule has 0 amide bonds. The van der Waals surface area contributed by atoms with E-state index in [-0.39, 0.29) is 17.0 Å². The summed E-state index contributed by atoms with van der Waals surface area (Å²) >= 11 is 0. The van der Waals surface area contributed by atoms with Crippen LogP contribution in [0.3, 0.4) is 0 Å². The molecule has 0 heterocycles. The van der Waals surface area contributed by atoms with Crippen molar-refractivity contribution in [2.24, 2.45) is 0 Å². The molecule has 4 nitrogen and oxygen atoms in total. The first-order valence-electron chi connectivity index (χ1n) is 5.05. The molecule has 0 atom stereocenters. The fourth-order valence-electron chi connectivity index (χ4n) is 1.34. The molecule has 0 aliphatic heterocycles. The van der Waals surface area contributed by atoms with Crippen LogP contribution < -0.4 is 14.9 Å². The highest BCUT2D eigenvalue weighted by molar-refractivity contribution is 6.60. The zero-order chi connectivity index (χ0) is 12.1. The molecule has 0 aliphatic rings. The molecule has 0 bridgehead atoms. The van der Waals surface area contributed by atoms with Gasteiger partial charge in [-0.25, -0.2) is 4.39 Å². The molecular weight excluding hydrogens is 214 g/mol. The van der Waals surface area contributed by atoms with Gasteiger partial charge < -0.3 is 19.5 Å². The average Bonchev–Trinajstić information content (AvgIpc) is 2.22. The van der Waals surface area contributed by atoms with Gasteiger partial charge in [0.05, 0.1) is 18.7 Å². The van der Waals surface area contributed by atoms with E-state index >= 15 is 0 Å². The highest BCUT2D eigenvalue weighted by Crippen LogP contribution is 2.21. The van der Waals surface area contributed by atoms with E-state index in [1.807, 2.05) is 0 Å². The molecule has 1 aromatic rings. The standard InChI is InChI=1S/C10H14BFO4/c1-3-15-7-5-6-8(16-4-2)10(12)9(7)11(13)14/h5-6,13-14H,3-4H2,1-2H3. The largest absolute Gasteiger partial charge is 0.495 e. The Bertz CT molecular complexity index is 357. The molecule has 0 spiro atoms. The summed E-state index contributed by atoms with van der Waals surface area (Å²) in [6, 6.07) is 2.85. The van der Waals surface area contributed by atoms with Gasteiger partial charge in [0.2, 0.25) is 0 Å². The lowest BCUT2D eigenvalue weighted by atomic mass is 9.79. The molecule has 2 N–H and O–H groups in total. The number of rotatable bonds is 5. The van der Waals surface area contributed by atoms with E-state index in [9.17, 15) is 4.39 Å². The summed E-state index contributed by atoms with van der Waals surface area (Å²) in [7, 11) is -1.93. The number of hydrogen-bond acceptors (Lipinski definition) is 4. The third kappa shape index (κ3) is 2.65. The van der Waals surface area contributed by atoms with Gasteiger partial charge in [-0.3, -0.25) is 0 Å². The molecule has 88 valence electrons. The number of hydrogen-bond donors (Lipinski definition) is 2. The van der Waals surface area contributed by atoms with Crippen LogP contribution in [-0.2, 0) is 0 Å². The Balaban J connectivity index is 3.18. The van der Waals surface area contributed by atoms with Crippen molar-refractivity contribution >= 4 is 12.6 Å². The first-order chi connectivity index (χ1) is 7.61. The van der Waals surface area contributed by atoms with Crippen molar-refractivity contribution < 1.29 is 23.9 Å². The summed E-state index contributed by atoms with van der Waals surface area (Å²) in [5.74, 6) is -0.713. The van der Waals surface area contributed by atoms with Crippen molar-refractivity contribution in [3.63, 3.8) is 0 Å². The minimum absolute atomic E-state index is 0.0194. The van der Waals surface area contributed by atoms with E-state index in [0.29, 0.717) is 13.2 Å². The molecular formula is C10H14BFO4. The normalized spacial score (nSPS) is 10.1. The Morgan fingerprint density at radius 2 is 1.62 bits per heavy atom. The molecule has 0 fully saturated rings. The lowest BCUT2D eigenvalue weighted by molar-refractivity contribution is 0.314. The van der Waals surface area contributed by atoms with Gasteiger partial charge >= 0.3 is 7.12 Å². The zero-order valence-electron chi connectivity index (χ0n) is 9.24. The van der Waals surface area contributed by atoms with Crippen molar-refractivity contribution in [2.75, 3.05) is 13.2 Å². The predicted octanol–water partition coefficient (Wildman–Crippen LogP) is 0.303. The van der Waals surface area contributed by atoms with E-state index in [1.165, 1.54) is 12.1 Å². The second kappa shape index (κ2) is 5.72. The fourth-order valence-corrected chi connectivity index (χ4v) is 1.34. The SMILES string of the molecule is CCOc1ccc(OCC)c(B(O)O)c1F. The number of halogens is 1. The van der Waals surface area contributed by atoms with Crippen LogP contribution in [0.5, 0.6) is 11.5 Å². The summed E-state index contributed by atoms with van der Waals surface area (Å²) in [5.41, 5.74) is -0.298. The fraction of sp³-hybridized carbons (Fsp3) is 0.400. The van der Waals surface area contributed by atoms with Crippen LogP contribution in [-0.4, -0.2) is 30.4 Å². The molecule has 0 saturated carbocycles. The maximum absolute atomic E-state index is 13.8. The maximum atomic E-state index is 13.8. The van der Waals surface area contributed by atoms with Gasteiger partial charge in [0.15, 0.2) is 11.6 Å². The van der Waals surface area contributed by atoms with Gasteiger partial charge in [0, 0.05) is 0 Å². The number of ether oxygens (including phenoxy) is 2. The molecule has 0 radical (unpaired) electrons. The van der Waals surface area contributed by atoms with Crippen molar-refractivity contribution in [2.45, 2.75) is 13.8 Å². The van der Waals surface area contributed by atoms with E-state index in [2.05, 4.69) is 0 Å². The van der Waals surface area contributed by atoms with Crippen molar-refractivity contribution in [3.05, 3.63) is 17.9 Å². The molecule has 1 aromatic carbocycles. The van der Waals surface area contributed by atoms with Crippen LogP contribution >= 0.6 is 0 Å². The van der Waals surface area contributed by atoms with Crippen LogP contribution in [0.4, 0.5) is 4.39 Å². The summed E-state index contributed by atoms with van der Waals surface area (Å²) < 4.78 is 23.9. The van der Waals surface area contributed by atoms with Crippen molar-refractivity contribution in [1.29, 1.82) is 0 Å². The van der Waals surface area contributed by atoms with Crippen molar-refractivity contribution in [1.82, 2.24) is 0 Å². The predicted molar refractivity (Wildman–Crippen MR) is 58.6 cm³/mol. The van der Waals surface area contributed by atoms with Gasteiger partial charge in [0.25, 0.3) is 0 Å². The highest BCUT2D eigenvalue weighted by Gasteiger charge is 2.25. The first kappa shape index (κ1) is 12.8. The molecule has 0 aromatic heterocycles. The number of benzene rings is 1. The topological polar surface area (TPSA) is 58.9 Å². The summed E-state index contributed by atoms with van der Waals surface area (Å²) in [6.45, 7) is 4.05. The maximum Gasteiger partial charge on any atom is 0.495 e. The Kier molecular flexibility index (Phi) is 4.58. The minimum Gasteiger partial charge on any atom is -0.494 e. The first-order valence-corrected chi connectivity index (χ1v) is 5.05. The Hall–Kier alpha value is -1.27. The molecule has 16 heavy (non-hydrogen) atoms. The smallest absolute Gasteiger partial charge is 0.494 e. The Morgan fingerprint density at radius 3 is 2.12 bits per heavy atom. The van der Waals surface area contributed by atoms with Gasteiger partial charge in [0.1, 0.15) is 5.75 Å². The lowest BCUT2D eigenvalue weighted by Crippen LogP contribution is -2.34.